The third-order valence-electron chi connectivity index (χ3n) is 3.92. The van der Waals surface area contributed by atoms with E-state index in [0.717, 1.165) is 0 Å². The van der Waals surface area contributed by atoms with Crippen molar-refractivity contribution in [1.29, 1.82) is 0 Å². The van der Waals surface area contributed by atoms with Gasteiger partial charge < -0.3 is 10.1 Å². The normalized spacial score (nSPS) is 10.3. The third kappa shape index (κ3) is 4.78. The summed E-state index contributed by atoms with van der Waals surface area (Å²) in [4.78, 5) is 16.3. The number of imidazole rings is 1. The molecule has 27 heavy (non-hydrogen) atoms. The first-order valence-electron chi connectivity index (χ1n) is 8.29. The summed E-state index contributed by atoms with van der Waals surface area (Å²) in [7, 11) is 2.65. The number of ketones is 1. The van der Waals surface area contributed by atoms with E-state index in [1.807, 2.05) is 0 Å². The Kier molecular flexibility index (Phi) is 5.63. The average Bonchev–Trinajstić information content (AvgIpc) is 3.04. The Hall–Kier alpha value is -3.04. The fraction of sp³-hybridized carbons (Fsp3) is 0.0476. The highest BCUT2D eigenvalue weighted by Crippen LogP contribution is 2.13. The molecule has 0 spiro atoms. The van der Waals surface area contributed by atoms with Crippen molar-refractivity contribution < 1.29 is 9.18 Å². The van der Waals surface area contributed by atoms with Crippen LogP contribution in [0.1, 0.15) is 21.5 Å². The number of nitrogens with zero attached hydrogens (tertiary/aromatic N) is 2. The van der Waals surface area contributed by atoms with Crippen molar-refractivity contribution in [2.75, 3.05) is 5.73 Å². The lowest BCUT2D eigenvalue weighted by Gasteiger charge is -2.02. The number of aromatic nitrogens is 2. The minimum atomic E-state index is -0.366. The number of benzene rings is 2. The molecule has 0 fully saturated rings. The molecule has 4 nitrogen and oxygen atoms in total. The number of carbonyl (C=O) groups excluding carboxylic acids is 1. The van der Waals surface area contributed by atoms with E-state index in [4.69, 9.17) is 5.73 Å². The number of halogens is 1. The molecule has 1 unspecified atom stereocenters. The fourth-order valence-electron chi connectivity index (χ4n) is 2.48. The van der Waals surface area contributed by atoms with Crippen LogP contribution < -0.4 is 11.0 Å². The molecule has 1 atom stereocenters. The predicted octanol–water partition coefficient (Wildman–Crippen LogP) is 3.78. The van der Waals surface area contributed by atoms with E-state index < -0.39 is 0 Å². The number of aryl methyl sites for hydroxylation is 1. The summed E-state index contributed by atoms with van der Waals surface area (Å²) in [6.45, 7) is 2.09. The van der Waals surface area contributed by atoms with Gasteiger partial charge in [0.2, 0.25) is 0 Å². The van der Waals surface area contributed by atoms with Crippen LogP contribution in [0, 0.1) is 12.7 Å². The molecule has 0 saturated carbocycles. The van der Waals surface area contributed by atoms with Crippen molar-refractivity contribution >= 4 is 31.8 Å². The molecule has 0 aliphatic heterocycles. The number of anilines is 1. The topological polar surface area (TPSA) is 60.4 Å². The van der Waals surface area contributed by atoms with Crippen LogP contribution in [-0.2, 0) is 0 Å². The van der Waals surface area contributed by atoms with E-state index >= 15 is 0 Å². The van der Waals surface area contributed by atoms with E-state index in [1.165, 1.54) is 35.1 Å². The molecule has 0 bridgehead atoms. The van der Waals surface area contributed by atoms with Gasteiger partial charge >= 0.3 is 0 Å². The molecule has 0 radical (unpaired) electrons. The van der Waals surface area contributed by atoms with Crippen LogP contribution in [-0.4, -0.2) is 15.2 Å². The Balaban J connectivity index is 0.000000221. The Morgan fingerprint density at radius 3 is 2.22 bits per heavy atom. The number of pyridine rings is 1. The Morgan fingerprint density at radius 2 is 1.59 bits per heavy atom. The predicted molar refractivity (Wildman–Crippen MR) is 110 cm³/mol. The summed E-state index contributed by atoms with van der Waals surface area (Å²) in [5, 5.41) is 1.25. The lowest BCUT2D eigenvalue weighted by molar-refractivity contribution is 0.103. The second-order valence-electron chi connectivity index (χ2n) is 6.10. The van der Waals surface area contributed by atoms with Crippen LogP contribution in [0.3, 0.4) is 0 Å². The van der Waals surface area contributed by atoms with Crippen LogP contribution in [0.4, 0.5) is 10.2 Å². The van der Waals surface area contributed by atoms with Gasteiger partial charge in [0.1, 0.15) is 17.3 Å². The fourth-order valence-corrected chi connectivity index (χ4v) is 2.67. The first-order valence-corrected chi connectivity index (χ1v) is 8.87. The minimum absolute atomic E-state index is 0.172. The molecule has 0 amide bonds. The Morgan fingerprint density at radius 1 is 0.963 bits per heavy atom. The molecule has 6 heteroatoms. The Bertz CT molecular complexity index is 1050. The molecular weight excluding hydrogens is 360 g/mol. The molecule has 4 aromatic rings. The summed E-state index contributed by atoms with van der Waals surface area (Å²) in [6.07, 6.45) is 3.29. The van der Waals surface area contributed by atoms with Gasteiger partial charge in [0.25, 0.3) is 0 Å². The molecule has 2 aromatic heterocycles. The molecule has 2 heterocycles. The summed E-state index contributed by atoms with van der Waals surface area (Å²) in [6, 6.07) is 17.2. The van der Waals surface area contributed by atoms with Crippen molar-refractivity contribution in [1.82, 2.24) is 9.38 Å². The van der Waals surface area contributed by atoms with Gasteiger partial charge in [-0.1, -0.05) is 29.8 Å². The summed E-state index contributed by atoms with van der Waals surface area (Å²) < 4.78 is 14.5. The monoisotopic (exact) mass is 379 g/mol. The highest BCUT2D eigenvalue weighted by atomic mass is 31.0. The van der Waals surface area contributed by atoms with E-state index in [1.54, 1.807) is 28.9 Å². The van der Waals surface area contributed by atoms with Gasteiger partial charge in [-0.3, -0.25) is 4.79 Å². The number of rotatable bonds is 2. The van der Waals surface area contributed by atoms with Crippen molar-refractivity contribution in [3.8, 4) is 0 Å². The third-order valence-corrected chi connectivity index (χ3v) is 4.30. The lowest BCUT2D eigenvalue weighted by Crippen LogP contribution is -2.02. The number of carbonyl (C=O) groups is 1. The average molecular weight is 379 g/mol. The number of hydrogen-bond donors (Lipinski definition) is 1. The SMILES string of the molecule is Cc1ccc(P)cc1.Nc1cn2cc(C(=O)c3ccc(F)cc3)ccc2n1. The maximum atomic E-state index is 12.8. The molecule has 0 saturated heterocycles. The van der Waals surface area contributed by atoms with Crippen LogP contribution in [0.5, 0.6) is 0 Å². The quantitative estimate of drug-likeness (QED) is 0.426. The molecule has 0 aliphatic rings. The summed E-state index contributed by atoms with van der Waals surface area (Å²) in [5.74, 6) is -0.144. The lowest BCUT2D eigenvalue weighted by atomic mass is 10.1. The van der Waals surface area contributed by atoms with E-state index in [0.29, 0.717) is 22.6 Å². The Labute approximate surface area is 159 Å². The first kappa shape index (κ1) is 18.7. The van der Waals surface area contributed by atoms with Crippen molar-refractivity contribution in [2.24, 2.45) is 0 Å². The van der Waals surface area contributed by atoms with Gasteiger partial charge in [-0.2, -0.15) is 0 Å². The molecule has 2 N–H and O–H groups in total. The van der Waals surface area contributed by atoms with Crippen molar-refractivity contribution in [3.63, 3.8) is 0 Å². The second kappa shape index (κ2) is 8.11. The van der Waals surface area contributed by atoms with E-state index in [-0.39, 0.29) is 11.6 Å². The number of fused-ring (bicyclic) bond motifs is 1. The van der Waals surface area contributed by atoms with Gasteiger partial charge in [0.15, 0.2) is 5.78 Å². The number of nitrogens with two attached hydrogens (primary N) is 1. The highest BCUT2D eigenvalue weighted by molar-refractivity contribution is 7.27. The molecular formula is C21H19FN3OP. The maximum absolute atomic E-state index is 12.8. The molecule has 2 aromatic carbocycles. The molecule has 4 rings (SSSR count). The summed E-state index contributed by atoms with van der Waals surface area (Å²) >= 11 is 0. The highest BCUT2D eigenvalue weighted by Gasteiger charge is 2.10. The van der Waals surface area contributed by atoms with Gasteiger partial charge in [-0.15, -0.1) is 9.24 Å². The van der Waals surface area contributed by atoms with Crippen LogP contribution >= 0.6 is 9.24 Å². The smallest absolute Gasteiger partial charge is 0.194 e. The number of hydrogen-bond acceptors (Lipinski definition) is 3. The zero-order valence-electron chi connectivity index (χ0n) is 14.8. The minimum Gasteiger partial charge on any atom is -0.382 e. The van der Waals surface area contributed by atoms with Gasteiger partial charge in [0, 0.05) is 17.3 Å². The first-order chi connectivity index (χ1) is 12.9. The summed E-state index contributed by atoms with van der Waals surface area (Å²) in [5.41, 5.74) is 8.51. The van der Waals surface area contributed by atoms with Crippen molar-refractivity contribution in [3.05, 3.63) is 95.6 Å². The van der Waals surface area contributed by atoms with Crippen LogP contribution in [0.25, 0.3) is 5.65 Å². The van der Waals surface area contributed by atoms with Crippen LogP contribution in [0.2, 0.25) is 0 Å². The zero-order chi connectivity index (χ0) is 19.4. The van der Waals surface area contributed by atoms with Gasteiger partial charge in [-0.25, -0.2) is 9.37 Å². The van der Waals surface area contributed by atoms with E-state index in [9.17, 15) is 9.18 Å². The number of nitrogen functional groups attached to an aromatic ring is 1. The van der Waals surface area contributed by atoms with Crippen LogP contribution in [0.15, 0.2) is 73.1 Å². The second-order valence-corrected chi connectivity index (χ2v) is 6.76. The van der Waals surface area contributed by atoms with Crippen molar-refractivity contribution in [2.45, 2.75) is 6.92 Å². The molecule has 0 aliphatic carbocycles. The standard InChI is InChI=1S/C14H10FN3O.C7H9P/c15-11-4-1-9(2-5-11)14(19)10-3-6-13-17-12(16)8-18(13)7-10;1-6-2-4-7(8)5-3-6/h1-8H,16H2;2-5H,8H2,1H3. The maximum Gasteiger partial charge on any atom is 0.194 e. The molecule has 136 valence electrons. The zero-order valence-corrected chi connectivity index (χ0v) is 15.9. The van der Waals surface area contributed by atoms with E-state index in [2.05, 4.69) is 45.4 Å². The van der Waals surface area contributed by atoms with Gasteiger partial charge in [0.05, 0.1) is 6.20 Å². The largest absolute Gasteiger partial charge is 0.382 e. The van der Waals surface area contributed by atoms with Gasteiger partial charge in [-0.05, 0) is 48.6 Å².